The van der Waals surface area contributed by atoms with Gasteiger partial charge < -0.3 is 0 Å². The molecule has 0 rings (SSSR count). The normalized spacial score (nSPS) is 22.7. The zero-order chi connectivity index (χ0) is 12.0. The molecule has 0 aromatic carbocycles. The standard InChI is InChI=1S/C4H4F8N2/c5-1(13,3(7,8)9)2(6,14)4(10,11)12/h13-14H2. The predicted molar refractivity (Wildman–Crippen MR) is 28.2 cm³/mol. The van der Waals surface area contributed by atoms with Gasteiger partial charge in [-0.1, -0.05) is 0 Å². The van der Waals surface area contributed by atoms with Crippen LogP contribution in [0.3, 0.4) is 0 Å². The topological polar surface area (TPSA) is 52.0 Å². The summed E-state index contributed by atoms with van der Waals surface area (Å²) in [5.41, 5.74) is 7.09. The fourth-order valence-electron chi connectivity index (χ4n) is 0.413. The highest BCUT2D eigenvalue weighted by Gasteiger charge is 2.76. The number of halogens is 8. The number of rotatable bonds is 1. The lowest BCUT2D eigenvalue weighted by atomic mass is 10.0. The van der Waals surface area contributed by atoms with Gasteiger partial charge in [0.1, 0.15) is 0 Å². The molecule has 0 fully saturated rings. The Balaban J connectivity index is 5.30. The lowest BCUT2D eigenvalue weighted by Crippen LogP contribution is -2.74. The molecule has 14 heavy (non-hydrogen) atoms. The van der Waals surface area contributed by atoms with E-state index in [1.807, 2.05) is 0 Å². The van der Waals surface area contributed by atoms with Crippen LogP contribution in [0.4, 0.5) is 35.1 Å². The Bertz CT molecular complexity index is 188. The van der Waals surface area contributed by atoms with Gasteiger partial charge in [-0.3, -0.25) is 11.5 Å². The third-order valence-corrected chi connectivity index (χ3v) is 1.35. The number of hydrogen-bond acceptors (Lipinski definition) is 2. The number of alkyl halides is 8. The van der Waals surface area contributed by atoms with Gasteiger partial charge in [0.2, 0.25) is 0 Å². The first kappa shape index (κ1) is 13.4. The van der Waals surface area contributed by atoms with Gasteiger partial charge in [-0.2, -0.15) is 26.3 Å². The minimum atomic E-state index is -6.27. The average molecular weight is 232 g/mol. The molecule has 0 saturated carbocycles. The van der Waals surface area contributed by atoms with Crippen molar-refractivity contribution < 1.29 is 35.1 Å². The van der Waals surface area contributed by atoms with Crippen LogP contribution in [0, 0.1) is 0 Å². The zero-order valence-corrected chi connectivity index (χ0v) is 6.18. The summed E-state index contributed by atoms with van der Waals surface area (Å²) < 4.78 is 93.8. The lowest BCUT2D eigenvalue weighted by Gasteiger charge is -2.35. The first-order chi connectivity index (χ1) is 5.75. The third kappa shape index (κ3) is 1.75. The van der Waals surface area contributed by atoms with Crippen molar-refractivity contribution >= 4 is 0 Å². The van der Waals surface area contributed by atoms with Crippen molar-refractivity contribution in [3.8, 4) is 0 Å². The number of hydrogen-bond donors (Lipinski definition) is 2. The Kier molecular flexibility index (Phi) is 2.79. The second kappa shape index (κ2) is 2.92. The van der Waals surface area contributed by atoms with E-state index >= 15 is 0 Å². The molecule has 0 aromatic heterocycles. The van der Waals surface area contributed by atoms with Crippen LogP contribution < -0.4 is 11.5 Å². The molecule has 0 saturated heterocycles. The lowest BCUT2D eigenvalue weighted by molar-refractivity contribution is -0.340. The minimum absolute atomic E-state index is 3.55. The SMILES string of the molecule is NC(F)(C(F)(F)F)C(N)(F)C(F)(F)F. The molecule has 0 aromatic rings. The van der Waals surface area contributed by atoms with E-state index < -0.39 is 23.9 Å². The van der Waals surface area contributed by atoms with Gasteiger partial charge in [0, 0.05) is 0 Å². The molecule has 2 atom stereocenters. The molecule has 0 spiro atoms. The van der Waals surface area contributed by atoms with Crippen LogP contribution in [0.5, 0.6) is 0 Å². The molecule has 0 heterocycles. The van der Waals surface area contributed by atoms with Gasteiger partial charge in [0.25, 0.3) is 0 Å². The zero-order valence-electron chi connectivity index (χ0n) is 6.18. The van der Waals surface area contributed by atoms with E-state index in [1.54, 1.807) is 0 Å². The van der Waals surface area contributed by atoms with Gasteiger partial charge >= 0.3 is 23.9 Å². The monoisotopic (exact) mass is 232 g/mol. The molecule has 2 unspecified atom stereocenters. The van der Waals surface area contributed by atoms with Crippen LogP contribution in [0.2, 0.25) is 0 Å². The Morgan fingerprint density at radius 2 is 0.643 bits per heavy atom. The van der Waals surface area contributed by atoms with E-state index in [-0.39, 0.29) is 0 Å². The molecular formula is C4H4F8N2. The van der Waals surface area contributed by atoms with Gasteiger partial charge in [0.05, 0.1) is 0 Å². The third-order valence-electron chi connectivity index (χ3n) is 1.35. The Morgan fingerprint density at radius 3 is 0.714 bits per heavy atom. The minimum Gasteiger partial charge on any atom is -0.287 e. The molecule has 0 aliphatic carbocycles. The highest BCUT2D eigenvalue weighted by molar-refractivity contribution is 5.02. The van der Waals surface area contributed by atoms with Crippen LogP contribution in [0.1, 0.15) is 0 Å². The fraction of sp³-hybridized carbons (Fsp3) is 1.00. The van der Waals surface area contributed by atoms with Crippen molar-refractivity contribution in [3.63, 3.8) is 0 Å². The van der Waals surface area contributed by atoms with Gasteiger partial charge in [-0.25, -0.2) is 8.78 Å². The highest BCUT2D eigenvalue weighted by atomic mass is 19.4. The largest absolute Gasteiger partial charge is 0.441 e. The summed E-state index contributed by atoms with van der Waals surface area (Å²) in [4.78, 5) is 0. The van der Waals surface area contributed by atoms with Crippen molar-refractivity contribution in [1.82, 2.24) is 0 Å². The predicted octanol–water partition coefficient (Wildman–Crippen LogP) is 1.36. The van der Waals surface area contributed by atoms with Crippen molar-refractivity contribution in [2.75, 3.05) is 0 Å². The van der Waals surface area contributed by atoms with Crippen LogP contribution in [-0.2, 0) is 0 Å². The first-order valence-corrected chi connectivity index (χ1v) is 2.84. The summed E-state index contributed by atoms with van der Waals surface area (Å²) in [5, 5.41) is 0. The van der Waals surface area contributed by atoms with Crippen molar-refractivity contribution in [3.05, 3.63) is 0 Å². The maximum Gasteiger partial charge on any atom is 0.441 e. The summed E-state index contributed by atoms with van der Waals surface area (Å²) >= 11 is 0. The smallest absolute Gasteiger partial charge is 0.287 e. The molecular weight excluding hydrogens is 228 g/mol. The Morgan fingerprint density at radius 1 is 0.500 bits per heavy atom. The summed E-state index contributed by atoms with van der Waals surface area (Å²) in [7, 11) is 0. The van der Waals surface area contributed by atoms with Crippen molar-refractivity contribution in [2.45, 2.75) is 23.9 Å². The van der Waals surface area contributed by atoms with Crippen LogP contribution in [0.25, 0.3) is 0 Å². The summed E-state index contributed by atoms with van der Waals surface area (Å²) in [6, 6.07) is 0. The quantitative estimate of drug-likeness (QED) is 0.529. The maximum atomic E-state index is 12.3. The van der Waals surface area contributed by atoms with Crippen LogP contribution in [0.15, 0.2) is 0 Å². The second-order valence-corrected chi connectivity index (χ2v) is 2.42. The van der Waals surface area contributed by atoms with Gasteiger partial charge in [-0.05, 0) is 0 Å². The van der Waals surface area contributed by atoms with E-state index in [4.69, 9.17) is 0 Å². The van der Waals surface area contributed by atoms with Gasteiger partial charge in [-0.15, -0.1) is 0 Å². The Labute approximate surface area is 71.8 Å². The van der Waals surface area contributed by atoms with E-state index in [9.17, 15) is 35.1 Å². The molecule has 0 radical (unpaired) electrons. The van der Waals surface area contributed by atoms with E-state index in [0.29, 0.717) is 0 Å². The first-order valence-electron chi connectivity index (χ1n) is 2.84. The molecule has 10 heteroatoms. The van der Waals surface area contributed by atoms with E-state index in [0.717, 1.165) is 0 Å². The second-order valence-electron chi connectivity index (χ2n) is 2.42. The van der Waals surface area contributed by atoms with Crippen molar-refractivity contribution in [2.24, 2.45) is 11.5 Å². The fourth-order valence-corrected chi connectivity index (χ4v) is 0.413. The summed E-state index contributed by atoms with van der Waals surface area (Å²) in [6.45, 7) is 0. The summed E-state index contributed by atoms with van der Waals surface area (Å²) in [5.74, 6) is -11.4. The molecule has 86 valence electrons. The number of nitrogens with two attached hydrogens (primary N) is 2. The summed E-state index contributed by atoms with van der Waals surface area (Å²) in [6.07, 6.45) is -12.5. The maximum absolute atomic E-state index is 12.3. The molecule has 0 aliphatic rings. The molecule has 4 N–H and O–H groups in total. The Hall–Kier alpha value is -0.640. The van der Waals surface area contributed by atoms with Crippen LogP contribution >= 0.6 is 0 Å². The molecule has 0 aliphatic heterocycles. The highest BCUT2D eigenvalue weighted by Crippen LogP contribution is 2.45. The van der Waals surface area contributed by atoms with E-state index in [2.05, 4.69) is 11.5 Å². The average Bonchev–Trinajstić information content (AvgIpc) is 1.81. The molecule has 0 amide bonds. The molecule has 0 bridgehead atoms. The van der Waals surface area contributed by atoms with E-state index in [1.165, 1.54) is 0 Å². The molecule has 2 nitrogen and oxygen atoms in total. The van der Waals surface area contributed by atoms with Crippen molar-refractivity contribution in [1.29, 1.82) is 0 Å². The van der Waals surface area contributed by atoms with Crippen LogP contribution in [-0.4, -0.2) is 23.9 Å². The van der Waals surface area contributed by atoms with Gasteiger partial charge in [0.15, 0.2) is 0 Å².